The first-order valence-electron chi connectivity index (χ1n) is 7.99. The van der Waals surface area contributed by atoms with Gasteiger partial charge in [-0.05, 0) is 33.1 Å². The van der Waals surface area contributed by atoms with Gasteiger partial charge < -0.3 is 10.4 Å². The molecule has 0 aromatic rings. The van der Waals surface area contributed by atoms with Crippen molar-refractivity contribution in [2.24, 2.45) is 11.3 Å². The van der Waals surface area contributed by atoms with Gasteiger partial charge in [0, 0.05) is 11.5 Å². The molecule has 0 rings (SSSR count). The third-order valence-electron chi connectivity index (χ3n) is 3.24. The van der Waals surface area contributed by atoms with E-state index in [4.69, 9.17) is 4.84 Å². The van der Waals surface area contributed by atoms with Gasteiger partial charge in [-0.2, -0.15) is 5.48 Å². The predicted molar refractivity (Wildman–Crippen MR) is 90.3 cm³/mol. The van der Waals surface area contributed by atoms with Crippen LogP contribution in [0.3, 0.4) is 0 Å². The molecule has 0 radical (unpaired) electrons. The second-order valence-corrected chi connectivity index (χ2v) is 7.87. The van der Waals surface area contributed by atoms with Crippen molar-refractivity contribution in [2.75, 3.05) is 6.61 Å². The summed E-state index contributed by atoms with van der Waals surface area (Å²) in [7, 11) is 0. The second-order valence-electron chi connectivity index (χ2n) is 7.87. The molecule has 0 fully saturated rings. The van der Waals surface area contributed by atoms with Crippen molar-refractivity contribution in [1.29, 1.82) is 0 Å². The van der Waals surface area contributed by atoms with Crippen molar-refractivity contribution >= 4 is 11.8 Å². The Kier molecular flexibility index (Phi) is 8.70. The number of aliphatic hydroxyl groups is 1. The van der Waals surface area contributed by atoms with E-state index >= 15 is 0 Å². The fourth-order valence-electron chi connectivity index (χ4n) is 2.05. The lowest BCUT2D eigenvalue weighted by atomic mass is 9.84. The van der Waals surface area contributed by atoms with E-state index < -0.39 is 17.1 Å². The predicted octanol–water partition coefficient (Wildman–Crippen LogP) is 1.61. The summed E-state index contributed by atoms with van der Waals surface area (Å²) in [5, 5.41) is 12.3. The smallest absolute Gasteiger partial charge is 0.240 e. The van der Waals surface area contributed by atoms with Crippen LogP contribution in [-0.2, 0) is 14.4 Å². The van der Waals surface area contributed by atoms with Crippen molar-refractivity contribution in [1.82, 2.24) is 10.8 Å². The fraction of sp³-hybridized carbons (Fsp3) is 0.824. The van der Waals surface area contributed by atoms with Crippen molar-refractivity contribution in [3.63, 3.8) is 0 Å². The maximum Gasteiger partial charge on any atom is 0.240 e. The third kappa shape index (κ3) is 8.86. The molecule has 0 heterocycles. The van der Waals surface area contributed by atoms with Crippen molar-refractivity contribution < 1.29 is 19.5 Å². The molecular formula is C17H32N2O4. The largest absolute Gasteiger partial charge is 0.394 e. The van der Waals surface area contributed by atoms with Gasteiger partial charge in [0.15, 0.2) is 0 Å². The molecule has 0 aromatic heterocycles. The van der Waals surface area contributed by atoms with Crippen LogP contribution in [0.4, 0.5) is 0 Å². The SMILES string of the molecule is CC(C)C[C@@H](CO)NC(=O)[C@@H](NOC(C)(C)C)C(C)(C)C=C=O. The van der Waals surface area contributed by atoms with Gasteiger partial charge in [0.25, 0.3) is 0 Å². The number of hydrogen-bond acceptors (Lipinski definition) is 5. The first kappa shape index (κ1) is 21.8. The Morgan fingerprint density at radius 1 is 1.26 bits per heavy atom. The van der Waals surface area contributed by atoms with E-state index in [0.717, 1.165) is 0 Å². The molecule has 1 amide bonds. The molecule has 6 heteroatoms. The molecule has 0 aromatic carbocycles. The Labute approximate surface area is 139 Å². The van der Waals surface area contributed by atoms with Gasteiger partial charge in [0.2, 0.25) is 5.91 Å². The minimum Gasteiger partial charge on any atom is -0.394 e. The number of hydrogen-bond donors (Lipinski definition) is 3. The molecule has 6 nitrogen and oxygen atoms in total. The van der Waals surface area contributed by atoms with Gasteiger partial charge in [0.05, 0.1) is 18.2 Å². The maximum absolute atomic E-state index is 12.6. The summed E-state index contributed by atoms with van der Waals surface area (Å²) in [5.41, 5.74) is 1.47. The van der Waals surface area contributed by atoms with Crippen LogP contribution in [0.5, 0.6) is 0 Å². The monoisotopic (exact) mass is 328 g/mol. The Morgan fingerprint density at radius 3 is 2.22 bits per heavy atom. The van der Waals surface area contributed by atoms with Crippen molar-refractivity contribution in [3.8, 4) is 0 Å². The minimum absolute atomic E-state index is 0.138. The molecule has 134 valence electrons. The zero-order valence-electron chi connectivity index (χ0n) is 15.4. The number of hydroxylamine groups is 1. The van der Waals surface area contributed by atoms with Crippen LogP contribution in [0, 0.1) is 11.3 Å². The number of nitrogens with one attached hydrogen (secondary N) is 2. The minimum atomic E-state index is -0.797. The Balaban J connectivity index is 5.17. The van der Waals surface area contributed by atoms with E-state index in [0.29, 0.717) is 12.3 Å². The summed E-state index contributed by atoms with van der Waals surface area (Å²) in [4.78, 5) is 28.9. The van der Waals surface area contributed by atoms with Crippen LogP contribution in [0.25, 0.3) is 0 Å². The lowest BCUT2D eigenvalue weighted by Gasteiger charge is -2.33. The average molecular weight is 328 g/mol. The van der Waals surface area contributed by atoms with Gasteiger partial charge in [-0.3, -0.25) is 9.63 Å². The highest BCUT2D eigenvalue weighted by atomic mass is 16.7. The molecule has 0 aliphatic heterocycles. The topological polar surface area (TPSA) is 87.7 Å². The van der Waals surface area contributed by atoms with Crippen LogP contribution in [0.15, 0.2) is 6.08 Å². The van der Waals surface area contributed by atoms with Gasteiger partial charge >= 0.3 is 0 Å². The quantitative estimate of drug-likeness (QED) is 0.442. The number of amides is 1. The fourth-order valence-corrected chi connectivity index (χ4v) is 2.05. The van der Waals surface area contributed by atoms with E-state index in [-0.39, 0.29) is 18.6 Å². The number of aliphatic hydroxyl groups excluding tert-OH is 1. The van der Waals surface area contributed by atoms with E-state index in [1.165, 1.54) is 6.08 Å². The Morgan fingerprint density at radius 2 is 1.83 bits per heavy atom. The summed E-state index contributed by atoms with van der Waals surface area (Å²) in [6, 6.07) is -1.12. The first-order chi connectivity index (χ1) is 10.4. The molecule has 2 atom stereocenters. The molecule has 3 N–H and O–H groups in total. The van der Waals surface area contributed by atoms with E-state index in [1.54, 1.807) is 19.8 Å². The molecule has 0 spiro atoms. The highest BCUT2D eigenvalue weighted by molar-refractivity contribution is 5.83. The highest BCUT2D eigenvalue weighted by Gasteiger charge is 2.36. The second kappa shape index (κ2) is 9.18. The number of carbonyl (C=O) groups is 1. The molecular weight excluding hydrogens is 296 g/mol. The maximum atomic E-state index is 12.6. The summed E-state index contributed by atoms with van der Waals surface area (Å²) >= 11 is 0. The Bertz CT molecular complexity index is 421. The van der Waals surface area contributed by atoms with E-state index in [2.05, 4.69) is 10.8 Å². The van der Waals surface area contributed by atoms with Crippen LogP contribution < -0.4 is 10.8 Å². The zero-order valence-corrected chi connectivity index (χ0v) is 15.4. The summed E-state index contributed by atoms with van der Waals surface area (Å²) in [5.74, 6) is 1.75. The lowest BCUT2D eigenvalue weighted by molar-refractivity contribution is -0.141. The molecule has 0 saturated heterocycles. The summed E-state index contributed by atoms with van der Waals surface area (Å²) in [6.07, 6.45) is 1.96. The third-order valence-corrected chi connectivity index (χ3v) is 3.24. The molecule has 0 saturated carbocycles. The number of rotatable bonds is 9. The van der Waals surface area contributed by atoms with Crippen molar-refractivity contribution in [2.45, 2.75) is 72.6 Å². The number of carbonyl (C=O) groups excluding carboxylic acids is 2. The van der Waals surface area contributed by atoms with Gasteiger partial charge in [-0.25, -0.2) is 4.79 Å². The molecule has 0 unspecified atom stereocenters. The summed E-state index contributed by atoms with van der Waals surface area (Å²) in [6.45, 7) is 13.0. The van der Waals surface area contributed by atoms with Crippen LogP contribution >= 0.6 is 0 Å². The average Bonchev–Trinajstić information content (AvgIpc) is 2.35. The molecule has 0 bridgehead atoms. The van der Waals surface area contributed by atoms with Crippen LogP contribution in [0.1, 0.15) is 54.9 Å². The summed E-state index contributed by atoms with van der Waals surface area (Å²) < 4.78 is 0. The normalized spacial score (nSPS) is 15.0. The highest BCUT2D eigenvalue weighted by Crippen LogP contribution is 2.23. The van der Waals surface area contributed by atoms with Crippen LogP contribution in [-0.4, -0.2) is 41.2 Å². The van der Waals surface area contributed by atoms with Crippen LogP contribution in [0.2, 0.25) is 0 Å². The van der Waals surface area contributed by atoms with Crippen molar-refractivity contribution in [3.05, 3.63) is 6.08 Å². The van der Waals surface area contributed by atoms with Gasteiger partial charge in [-0.15, -0.1) is 0 Å². The first-order valence-corrected chi connectivity index (χ1v) is 7.99. The standard InChI is InChI=1S/C17H32N2O4/c1-12(2)10-13(11-21)18-15(22)14(17(6,7)8-9-20)19-23-16(3,4)5/h8,12-14,19,21H,10-11H2,1-7H3,(H,18,22)/t13-,14+/m0/s1. The molecule has 0 aliphatic rings. The van der Waals surface area contributed by atoms with Gasteiger partial charge in [0.1, 0.15) is 12.0 Å². The molecule has 23 heavy (non-hydrogen) atoms. The van der Waals surface area contributed by atoms with E-state index in [1.807, 2.05) is 34.6 Å². The van der Waals surface area contributed by atoms with Gasteiger partial charge in [-0.1, -0.05) is 27.7 Å². The molecule has 0 aliphatic carbocycles. The Hall–Kier alpha value is -1.20. The van der Waals surface area contributed by atoms with E-state index in [9.17, 15) is 14.7 Å². The zero-order chi connectivity index (χ0) is 18.3. The lowest BCUT2D eigenvalue weighted by Crippen LogP contribution is -2.56.